The van der Waals surface area contributed by atoms with Gasteiger partial charge in [0, 0.05) is 12.2 Å². The van der Waals surface area contributed by atoms with Crippen molar-refractivity contribution in [1.29, 1.82) is 5.26 Å². The first kappa shape index (κ1) is 26.1. The van der Waals surface area contributed by atoms with E-state index < -0.39 is 11.9 Å². The summed E-state index contributed by atoms with van der Waals surface area (Å²) in [6, 6.07) is 17.9. The lowest BCUT2D eigenvalue weighted by Gasteiger charge is -2.28. The lowest BCUT2D eigenvalue weighted by atomic mass is 10.1. The SMILES string of the molecule is Cc1ccc(N2C(=O)CC(N(Cc3ccccc3)C(=O)CSc3nc(C)c(C)c(C)c3C#N)C2=O)cc1. The molecule has 1 unspecified atom stereocenters. The molecule has 1 atom stereocenters. The second-order valence-corrected chi connectivity index (χ2v) is 10.1. The van der Waals surface area contributed by atoms with E-state index in [4.69, 9.17) is 0 Å². The third-order valence-corrected chi connectivity index (χ3v) is 7.67. The highest BCUT2D eigenvalue weighted by Crippen LogP contribution is 2.30. The normalized spacial score (nSPS) is 15.1. The summed E-state index contributed by atoms with van der Waals surface area (Å²) in [5, 5.41) is 10.2. The molecule has 3 aromatic rings. The molecular formula is C29H28N4O3S. The van der Waals surface area contributed by atoms with Crippen LogP contribution >= 0.6 is 11.8 Å². The molecule has 0 aliphatic carbocycles. The number of nitriles is 1. The Morgan fingerprint density at radius 2 is 1.73 bits per heavy atom. The number of pyridine rings is 1. The smallest absolute Gasteiger partial charge is 0.257 e. The van der Waals surface area contributed by atoms with Crippen LogP contribution < -0.4 is 4.90 Å². The highest BCUT2D eigenvalue weighted by Gasteiger charge is 2.44. The Hall–Kier alpha value is -3.96. The van der Waals surface area contributed by atoms with Crippen molar-refractivity contribution >= 4 is 35.2 Å². The van der Waals surface area contributed by atoms with Crippen LogP contribution in [0.15, 0.2) is 59.6 Å². The third-order valence-electron chi connectivity index (χ3n) is 6.71. The van der Waals surface area contributed by atoms with E-state index in [1.165, 1.54) is 21.6 Å². The maximum atomic E-state index is 13.6. The monoisotopic (exact) mass is 512 g/mol. The fourth-order valence-corrected chi connectivity index (χ4v) is 5.31. The molecule has 2 heterocycles. The average molecular weight is 513 g/mol. The molecule has 37 heavy (non-hydrogen) atoms. The number of thioether (sulfide) groups is 1. The van der Waals surface area contributed by atoms with Gasteiger partial charge in [-0.2, -0.15) is 5.26 Å². The third kappa shape index (κ3) is 5.42. The number of carbonyl (C=O) groups excluding carboxylic acids is 3. The number of carbonyl (C=O) groups is 3. The Bertz CT molecular complexity index is 1400. The van der Waals surface area contributed by atoms with Crippen LogP contribution in [0.3, 0.4) is 0 Å². The van der Waals surface area contributed by atoms with E-state index in [2.05, 4.69) is 11.1 Å². The summed E-state index contributed by atoms with van der Waals surface area (Å²) in [4.78, 5) is 47.2. The number of anilines is 1. The van der Waals surface area contributed by atoms with E-state index in [0.717, 1.165) is 27.9 Å². The first-order valence-electron chi connectivity index (χ1n) is 12.0. The van der Waals surface area contributed by atoms with Gasteiger partial charge in [0.05, 0.1) is 23.4 Å². The van der Waals surface area contributed by atoms with Crippen molar-refractivity contribution in [3.63, 3.8) is 0 Å². The number of amides is 3. The van der Waals surface area contributed by atoms with Crippen LogP contribution in [0.25, 0.3) is 0 Å². The number of hydrogen-bond acceptors (Lipinski definition) is 6. The highest BCUT2D eigenvalue weighted by atomic mass is 32.2. The van der Waals surface area contributed by atoms with Crippen molar-refractivity contribution in [2.75, 3.05) is 10.7 Å². The van der Waals surface area contributed by atoms with Crippen molar-refractivity contribution in [3.8, 4) is 6.07 Å². The van der Waals surface area contributed by atoms with Gasteiger partial charge in [-0.15, -0.1) is 0 Å². The number of aromatic nitrogens is 1. The average Bonchev–Trinajstić information content (AvgIpc) is 3.18. The van der Waals surface area contributed by atoms with E-state index in [9.17, 15) is 19.6 Å². The number of hydrogen-bond donors (Lipinski definition) is 0. The predicted molar refractivity (Wildman–Crippen MR) is 143 cm³/mol. The van der Waals surface area contributed by atoms with Gasteiger partial charge in [-0.25, -0.2) is 9.88 Å². The fraction of sp³-hybridized carbons (Fsp3) is 0.276. The molecule has 1 aliphatic rings. The maximum absolute atomic E-state index is 13.6. The van der Waals surface area contributed by atoms with Gasteiger partial charge in [-0.1, -0.05) is 59.8 Å². The van der Waals surface area contributed by atoms with Crippen LogP contribution in [0.2, 0.25) is 0 Å². The predicted octanol–water partition coefficient (Wildman–Crippen LogP) is 4.64. The van der Waals surface area contributed by atoms with Crippen molar-refractivity contribution in [2.45, 2.75) is 51.7 Å². The zero-order valence-corrected chi connectivity index (χ0v) is 22.1. The van der Waals surface area contributed by atoms with Crippen LogP contribution in [0.5, 0.6) is 0 Å². The number of aryl methyl sites for hydroxylation is 2. The lowest BCUT2D eigenvalue weighted by Crippen LogP contribution is -2.45. The number of benzene rings is 2. The summed E-state index contributed by atoms with van der Waals surface area (Å²) in [5.74, 6) is -1.07. The zero-order chi connectivity index (χ0) is 26.7. The molecule has 0 saturated carbocycles. The molecule has 1 fully saturated rings. The molecule has 8 heteroatoms. The molecule has 0 spiro atoms. The van der Waals surface area contributed by atoms with Gasteiger partial charge in [0.2, 0.25) is 11.8 Å². The van der Waals surface area contributed by atoms with Gasteiger partial charge in [-0.3, -0.25) is 14.4 Å². The van der Waals surface area contributed by atoms with E-state index in [-0.39, 0.29) is 30.5 Å². The summed E-state index contributed by atoms with van der Waals surface area (Å²) in [5.41, 5.74) is 5.42. The van der Waals surface area contributed by atoms with Crippen molar-refractivity contribution in [2.24, 2.45) is 0 Å². The molecule has 1 aromatic heterocycles. The Labute approximate surface area is 221 Å². The standard InChI is InChI=1S/C29H28N4O3S/c1-18-10-12-23(13-11-18)33-26(34)14-25(29(33)36)32(16-22-8-6-5-7-9-22)27(35)17-37-28-24(15-30)20(3)19(2)21(4)31-28/h5-13,25H,14,16-17H2,1-4H3. The summed E-state index contributed by atoms with van der Waals surface area (Å²) >= 11 is 1.18. The quantitative estimate of drug-likeness (QED) is 0.338. The van der Waals surface area contributed by atoms with Gasteiger partial charge < -0.3 is 4.90 Å². The number of rotatable bonds is 7. The molecule has 7 nitrogen and oxygen atoms in total. The fourth-order valence-electron chi connectivity index (χ4n) is 4.34. The minimum atomic E-state index is -0.910. The van der Waals surface area contributed by atoms with Gasteiger partial charge in [0.1, 0.15) is 17.1 Å². The Balaban J connectivity index is 1.61. The van der Waals surface area contributed by atoms with E-state index >= 15 is 0 Å². The largest absolute Gasteiger partial charge is 0.325 e. The highest BCUT2D eigenvalue weighted by molar-refractivity contribution is 8.00. The second kappa shape index (κ2) is 11.0. The van der Waals surface area contributed by atoms with Crippen molar-refractivity contribution < 1.29 is 14.4 Å². The topological polar surface area (TPSA) is 94.4 Å². The van der Waals surface area contributed by atoms with Gasteiger partial charge in [0.15, 0.2) is 0 Å². The lowest BCUT2D eigenvalue weighted by molar-refractivity contribution is -0.136. The summed E-state index contributed by atoms with van der Waals surface area (Å²) in [7, 11) is 0. The van der Waals surface area contributed by atoms with Crippen LogP contribution in [0, 0.1) is 39.0 Å². The van der Waals surface area contributed by atoms with Gasteiger partial charge in [-0.05, 0) is 56.5 Å². The zero-order valence-electron chi connectivity index (χ0n) is 21.3. The first-order chi connectivity index (χ1) is 17.7. The summed E-state index contributed by atoms with van der Waals surface area (Å²) < 4.78 is 0. The summed E-state index contributed by atoms with van der Waals surface area (Å²) in [6.45, 7) is 7.79. The summed E-state index contributed by atoms with van der Waals surface area (Å²) in [6.07, 6.45) is -0.0829. The molecule has 1 aliphatic heterocycles. The maximum Gasteiger partial charge on any atom is 0.257 e. The van der Waals surface area contributed by atoms with Crippen LogP contribution in [-0.2, 0) is 20.9 Å². The van der Waals surface area contributed by atoms with Crippen molar-refractivity contribution in [3.05, 3.63) is 88.1 Å². The number of imide groups is 1. The molecule has 0 N–H and O–H groups in total. The second-order valence-electron chi connectivity index (χ2n) is 9.16. The molecule has 3 amide bonds. The van der Waals surface area contributed by atoms with Gasteiger partial charge in [0.25, 0.3) is 5.91 Å². The molecule has 4 rings (SSSR count). The molecule has 0 bridgehead atoms. The molecule has 188 valence electrons. The Kier molecular flexibility index (Phi) is 7.74. The molecule has 2 aromatic carbocycles. The minimum Gasteiger partial charge on any atom is -0.325 e. The van der Waals surface area contributed by atoms with Gasteiger partial charge >= 0.3 is 0 Å². The Morgan fingerprint density at radius 1 is 1.05 bits per heavy atom. The van der Waals surface area contributed by atoms with Crippen LogP contribution in [0.1, 0.15) is 39.9 Å². The first-order valence-corrected chi connectivity index (χ1v) is 13.0. The van der Waals surface area contributed by atoms with Crippen LogP contribution in [0.4, 0.5) is 5.69 Å². The van der Waals surface area contributed by atoms with E-state index in [1.807, 2.05) is 70.2 Å². The molecule has 0 radical (unpaired) electrons. The van der Waals surface area contributed by atoms with E-state index in [1.54, 1.807) is 12.1 Å². The molecular weight excluding hydrogens is 484 g/mol. The molecule has 1 saturated heterocycles. The van der Waals surface area contributed by atoms with Crippen LogP contribution in [-0.4, -0.2) is 39.4 Å². The minimum absolute atomic E-state index is 0.0149. The van der Waals surface area contributed by atoms with E-state index in [0.29, 0.717) is 16.3 Å². The Morgan fingerprint density at radius 3 is 2.38 bits per heavy atom. The van der Waals surface area contributed by atoms with Crippen molar-refractivity contribution in [1.82, 2.24) is 9.88 Å². The number of nitrogens with zero attached hydrogens (tertiary/aromatic N) is 4.